The van der Waals surface area contributed by atoms with E-state index >= 15 is 0 Å². The van der Waals surface area contributed by atoms with Crippen molar-refractivity contribution in [2.45, 2.75) is 44.3 Å². The summed E-state index contributed by atoms with van der Waals surface area (Å²) >= 11 is 0. The van der Waals surface area contributed by atoms with Crippen LogP contribution in [0.1, 0.15) is 25.1 Å². The van der Waals surface area contributed by atoms with Crippen LogP contribution in [0.2, 0.25) is 0 Å². The monoisotopic (exact) mass is 434 g/mol. The van der Waals surface area contributed by atoms with Gasteiger partial charge in [0.05, 0.1) is 17.0 Å². The Kier molecular flexibility index (Phi) is 5.38. The third-order valence-electron chi connectivity index (χ3n) is 5.98. The van der Waals surface area contributed by atoms with Crippen LogP contribution in [0.15, 0.2) is 48.9 Å². The second-order valence-electron chi connectivity index (χ2n) is 8.06. The predicted octanol–water partition coefficient (Wildman–Crippen LogP) is 2.25. The van der Waals surface area contributed by atoms with Crippen molar-refractivity contribution in [1.29, 1.82) is 0 Å². The Morgan fingerprint density at radius 3 is 2.81 bits per heavy atom. The summed E-state index contributed by atoms with van der Waals surface area (Å²) in [5.74, 6) is 1.21. The number of aliphatic hydroxyl groups excluding tert-OH is 2. The van der Waals surface area contributed by atoms with Crippen molar-refractivity contribution in [2.75, 3.05) is 17.6 Å². The van der Waals surface area contributed by atoms with Crippen molar-refractivity contribution in [2.24, 2.45) is 0 Å². The minimum absolute atomic E-state index is 0.362. The lowest BCUT2D eigenvalue weighted by atomic mass is 10.0. The molecule has 1 aromatic carbocycles. The van der Waals surface area contributed by atoms with Gasteiger partial charge in [-0.25, -0.2) is 15.0 Å². The molecule has 1 aliphatic heterocycles. The molecule has 166 valence electrons. The van der Waals surface area contributed by atoms with Crippen LogP contribution in [0.4, 0.5) is 11.6 Å². The third kappa shape index (κ3) is 3.64. The first-order valence-corrected chi connectivity index (χ1v) is 10.8. The molecule has 0 radical (unpaired) electrons. The molecule has 32 heavy (non-hydrogen) atoms. The third-order valence-corrected chi connectivity index (χ3v) is 5.98. The highest BCUT2D eigenvalue weighted by atomic mass is 16.6. The number of benzene rings is 1. The van der Waals surface area contributed by atoms with Gasteiger partial charge in [-0.3, -0.25) is 0 Å². The van der Waals surface area contributed by atoms with Crippen LogP contribution >= 0.6 is 0 Å². The Labute approximate surface area is 184 Å². The summed E-state index contributed by atoms with van der Waals surface area (Å²) in [4.78, 5) is 12.9. The van der Waals surface area contributed by atoms with Gasteiger partial charge in [-0.15, -0.1) is 0 Å². The lowest BCUT2D eigenvalue weighted by molar-refractivity contribution is -0.0364. The van der Waals surface area contributed by atoms with Gasteiger partial charge in [0, 0.05) is 18.1 Å². The molecule has 0 unspecified atom stereocenters. The zero-order chi connectivity index (χ0) is 22.2. The van der Waals surface area contributed by atoms with Crippen molar-refractivity contribution < 1.29 is 14.9 Å². The average molecular weight is 435 g/mol. The van der Waals surface area contributed by atoms with Gasteiger partial charge in [-0.2, -0.15) is 0 Å². The van der Waals surface area contributed by atoms with Gasteiger partial charge < -0.3 is 30.6 Å². The summed E-state index contributed by atoms with van der Waals surface area (Å²) in [6.07, 6.45) is 1.03. The number of fused-ring (bicyclic) bond motifs is 2. The SMILES string of the molecule is CCNc1ccc2ccc(CC[C@H]3O[C@@H](n4ccc5c(N)ncnc54)[C@H](O)[C@@H]3O)cc2n1. The van der Waals surface area contributed by atoms with Crippen LogP contribution in [-0.2, 0) is 11.2 Å². The van der Waals surface area contributed by atoms with Crippen LogP contribution in [0.5, 0.6) is 0 Å². The molecule has 5 N–H and O–H groups in total. The minimum Gasteiger partial charge on any atom is -0.388 e. The Balaban J connectivity index is 1.32. The van der Waals surface area contributed by atoms with Crippen molar-refractivity contribution in [1.82, 2.24) is 19.5 Å². The van der Waals surface area contributed by atoms with Gasteiger partial charge in [-0.05, 0) is 49.6 Å². The first-order valence-electron chi connectivity index (χ1n) is 10.8. The highest BCUT2D eigenvalue weighted by Crippen LogP contribution is 2.34. The van der Waals surface area contributed by atoms with E-state index in [0.717, 1.165) is 28.8 Å². The van der Waals surface area contributed by atoms with E-state index in [2.05, 4.69) is 32.4 Å². The first-order chi connectivity index (χ1) is 15.5. The summed E-state index contributed by atoms with van der Waals surface area (Å²) < 4.78 is 7.77. The zero-order valence-corrected chi connectivity index (χ0v) is 17.7. The molecule has 0 amide bonds. The molecule has 0 bridgehead atoms. The molecule has 9 heteroatoms. The second-order valence-corrected chi connectivity index (χ2v) is 8.06. The normalized spacial score (nSPS) is 23.2. The van der Waals surface area contributed by atoms with E-state index in [1.165, 1.54) is 6.33 Å². The molecule has 0 aliphatic carbocycles. The average Bonchev–Trinajstić information content (AvgIpc) is 3.34. The summed E-state index contributed by atoms with van der Waals surface area (Å²) in [6, 6.07) is 12.0. The molecule has 4 aromatic rings. The van der Waals surface area contributed by atoms with Crippen molar-refractivity contribution in [3.05, 3.63) is 54.5 Å². The largest absolute Gasteiger partial charge is 0.388 e. The second kappa shape index (κ2) is 8.34. The maximum Gasteiger partial charge on any atom is 0.164 e. The summed E-state index contributed by atoms with van der Waals surface area (Å²) in [5, 5.41) is 26.3. The number of aromatic nitrogens is 4. The van der Waals surface area contributed by atoms with E-state index in [-0.39, 0.29) is 0 Å². The molecule has 0 saturated carbocycles. The molecule has 1 fully saturated rings. The number of rotatable bonds is 6. The van der Waals surface area contributed by atoms with Gasteiger partial charge >= 0.3 is 0 Å². The molecule has 1 saturated heterocycles. The van der Waals surface area contributed by atoms with Crippen LogP contribution < -0.4 is 11.1 Å². The van der Waals surface area contributed by atoms with Gasteiger partial charge in [0.2, 0.25) is 0 Å². The van der Waals surface area contributed by atoms with E-state index in [9.17, 15) is 10.2 Å². The quantitative estimate of drug-likeness (QED) is 0.363. The van der Waals surface area contributed by atoms with Crippen molar-refractivity contribution in [3.8, 4) is 0 Å². The van der Waals surface area contributed by atoms with E-state index in [4.69, 9.17) is 10.5 Å². The number of hydrogen-bond acceptors (Lipinski definition) is 8. The Morgan fingerprint density at radius 2 is 1.97 bits per heavy atom. The highest BCUT2D eigenvalue weighted by Gasteiger charge is 2.43. The Bertz CT molecular complexity index is 1260. The van der Waals surface area contributed by atoms with E-state index in [0.29, 0.717) is 29.7 Å². The number of ether oxygens (including phenoxy) is 1. The topological polar surface area (TPSA) is 131 Å². The van der Waals surface area contributed by atoms with Crippen LogP contribution in [0, 0.1) is 0 Å². The number of nitrogens with zero attached hydrogens (tertiary/aromatic N) is 4. The number of nitrogens with two attached hydrogens (primary N) is 1. The van der Waals surface area contributed by atoms with Gasteiger partial charge in [0.25, 0.3) is 0 Å². The standard InChI is InChI=1S/C23H26N6O3/c1-2-25-18-8-6-14-5-3-13(11-16(14)28-18)4-7-17-19(30)20(31)23(32-17)29-10-9-15-21(24)26-12-27-22(15)29/h3,5-6,8-12,17,19-20,23,30-31H,2,4,7H2,1H3,(H,25,28)(H2,24,26,27)/t17-,19-,20-,23-/m1/s1. The molecular weight excluding hydrogens is 408 g/mol. The Morgan fingerprint density at radius 1 is 1.12 bits per heavy atom. The minimum atomic E-state index is -1.08. The van der Waals surface area contributed by atoms with E-state index < -0.39 is 24.5 Å². The van der Waals surface area contributed by atoms with Crippen LogP contribution in [-0.4, -0.2) is 54.6 Å². The molecule has 0 spiro atoms. The van der Waals surface area contributed by atoms with Gasteiger partial charge in [-0.1, -0.05) is 12.1 Å². The number of anilines is 2. The molecule has 1 aliphatic rings. The number of aryl methyl sites for hydroxylation is 1. The van der Waals surface area contributed by atoms with E-state index in [1.807, 2.05) is 25.1 Å². The first kappa shape index (κ1) is 20.6. The number of nitrogens with one attached hydrogen (secondary N) is 1. The fraction of sp³-hybridized carbons (Fsp3) is 0.348. The van der Waals surface area contributed by atoms with E-state index in [1.54, 1.807) is 16.8 Å². The number of pyridine rings is 1. The molecule has 9 nitrogen and oxygen atoms in total. The summed E-state index contributed by atoms with van der Waals surface area (Å²) in [6.45, 7) is 2.85. The Hall–Kier alpha value is -3.27. The zero-order valence-electron chi connectivity index (χ0n) is 17.7. The van der Waals surface area contributed by atoms with Crippen molar-refractivity contribution in [3.63, 3.8) is 0 Å². The highest BCUT2D eigenvalue weighted by molar-refractivity contribution is 5.86. The smallest absolute Gasteiger partial charge is 0.164 e. The lowest BCUT2D eigenvalue weighted by Crippen LogP contribution is -2.31. The molecular formula is C23H26N6O3. The van der Waals surface area contributed by atoms with Gasteiger partial charge in [0.15, 0.2) is 6.23 Å². The lowest BCUT2D eigenvalue weighted by Gasteiger charge is -2.17. The molecule has 4 heterocycles. The summed E-state index contributed by atoms with van der Waals surface area (Å²) in [5.41, 5.74) is 8.49. The van der Waals surface area contributed by atoms with Crippen molar-refractivity contribution >= 4 is 33.6 Å². The molecule has 4 atom stereocenters. The maximum atomic E-state index is 10.7. The predicted molar refractivity (Wildman–Crippen MR) is 122 cm³/mol. The van der Waals surface area contributed by atoms with Crippen LogP contribution in [0.3, 0.4) is 0 Å². The number of nitrogen functional groups attached to an aromatic ring is 1. The molecule has 3 aromatic heterocycles. The molecule has 5 rings (SSSR count). The maximum absolute atomic E-state index is 10.7. The number of hydrogen-bond donors (Lipinski definition) is 4. The fourth-order valence-corrected chi connectivity index (χ4v) is 4.30. The fourth-order valence-electron chi connectivity index (χ4n) is 4.30. The number of aliphatic hydroxyl groups is 2. The summed E-state index contributed by atoms with van der Waals surface area (Å²) in [7, 11) is 0. The van der Waals surface area contributed by atoms with Crippen LogP contribution in [0.25, 0.3) is 21.9 Å². The van der Waals surface area contributed by atoms with Gasteiger partial charge in [0.1, 0.15) is 35.8 Å².